The van der Waals surface area contributed by atoms with Crippen LogP contribution >= 0.6 is 45.2 Å². The van der Waals surface area contributed by atoms with Crippen molar-refractivity contribution in [3.63, 3.8) is 0 Å². The van der Waals surface area contributed by atoms with Crippen LogP contribution in [-0.2, 0) is 9.59 Å². The van der Waals surface area contributed by atoms with Crippen LogP contribution in [0.25, 0.3) is 0 Å². The molecule has 8 nitrogen and oxygen atoms in total. The Morgan fingerprint density at radius 1 is 0.913 bits per heavy atom. The van der Waals surface area contributed by atoms with Gasteiger partial charge in [0.15, 0.2) is 7.53 Å². The first-order chi connectivity index (χ1) is 11.0. The van der Waals surface area contributed by atoms with Crippen molar-refractivity contribution in [1.29, 1.82) is 0 Å². The van der Waals surface area contributed by atoms with Crippen LogP contribution in [0.1, 0.15) is 17.9 Å². The molecule has 0 radical (unpaired) electrons. The Bertz CT molecular complexity index is 688. The third kappa shape index (κ3) is 6.52. The molecule has 0 atom stereocenters. The summed E-state index contributed by atoms with van der Waals surface area (Å²) in [5.41, 5.74) is 4.44. The van der Waals surface area contributed by atoms with Gasteiger partial charge in [-0.05, 0) is 69.4 Å². The molecule has 0 aromatic carbocycles. The minimum atomic E-state index is -0.567. The molecule has 0 aliphatic carbocycles. The van der Waals surface area contributed by atoms with Gasteiger partial charge >= 0.3 is 0 Å². The average Bonchev–Trinajstić information content (AvgIpc) is 3.07. The van der Waals surface area contributed by atoms with Gasteiger partial charge in [0.05, 0.1) is 12.4 Å². The van der Waals surface area contributed by atoms with Crippen LogP contribution in [0.2, 0.25) is 0 Å². The molecule has 2 amide bonds. The molecule has 0 saturated carbocycles. The van der Waals surface area contributed by atoms with Gasteiger partial charge in [-0.2, -0.15) is 10.2 Å². The maximum Gasteiger partial charge on any atom is 0.249 e. The van der Waals surface area contributed by atoms with E-state index in [0.29, 0.717) is 19.1 Å². The van der Waals surface area contributed by atoms with E-state index in [0.717, 1.165) is 0 Å². The number of nitrogens with zero attached hydrogens (tertiary/aromatic N) is 2. The highest BCUT2D eigenvalue weighted by molar-refractivity contribution is 14.1. The monoisotopic (exact) mass is 540 g/mol. The SMILES string of the molecule is O=C(CC(=O)N/N=C\c1ccc(I)o1)N/N=C\c1ccc(I)o1. The van der Waals surface area contributed by atoms with E-state index >= 15 is 0 Å². The molecule has 10 heteroatoms. The van der Waals surface area contributed by atoms with Crippen LogP contribution in [0.3, 0.4) is 0 Å². The summed E-state index contributed by atoms with van der Waals surface area (Å²) < 4.78 is 11.9. The standard InChI is InChI=1S/C13H10I2N4O4/c14-10-3-1-8(22-10)6-16-18-12(20)5-13(21)19-17-7-9-2-4-11(15)23-9/h1-4,6-7H,5H2,(H,18,20)(H,19,21)/b16-6-,17-7-. The van der Waals surface area contributed by atoms with Gasteiger partial charge in [-0.15, -0.1) is 0 Å². The number of furan rings is 2. The van der Waals surface area contributed by atoms with Crippen LogP contribution in [-0.4, -0.2) is 24.2 Å². The van der Waals surface area contributed by atoms with Gasteiger partial charge in [0, 0.05) is 0 Å². The summed E-state index contributed by atoms with van der Waals surface area (Å²) in [6.45, 7) is 0. The predicted molar refractivity (Wildman–Crippen MR) is 98.9 cm³/mol. The van der Waals surface area contributed by atoms with E-state index in [1.54, 1.807) is 24.3 Å². The first-order valence-electron chi connectivity index (χ1n) is 6.17. The lowest BCUT2D eigenvalue weighted by molar-refractivity contribution is -0.129. The van der Waals surface area contributed by atoms with Gasteiger partial charge in [0.2, 0.25) is 11.8 Å². The van der Waals surface area contributed by atoms with Crippen LogP contribution < -0.4 is 10.9 Å². The first kappa shape index (κ1) is 17.7. The van der Waals surface area contributed by atoms with E-state index in [9.17, 15) is 9.59 Å². The third-order valence-electron chi connectivity index (χ3n) is 2.27. The maximum atomic E-state index is 11.5. The number of carbonyl (C=O) groups excluding carboxylic acids is 2. The molecule has 2 aromatic rings. The number of hydrogen-bond acceptors (Lipinski definition) is 6. The molecule has 0 fully saturated rings. The first-order valence-corrected chi connectivity index (χ1v) is 8.33. The Morgan fingerprint density at radius 3 is 1.70 bits per heavy atom. The highest BCUT2D eigenvalue weighted by Gasteiger charge is 2.07. The fraction of sp³-hybridized carbons (Fsp3) is 0.0769. The van der Waals surface area contributed by atoms with E-state index in [-0.39, 0.29) is 0 Å². The van der Waals surface area contributed by atoms with Gasteiger partial charge in [-0.25, -0.2) is 10.9 Å². The maximum absolute atomic E-state index is 11.5. The van der Waals surface area contributed by atoms with Gasteiger partial charge in [0.25, 0.3) is 0 Å². The Kier molecular flexibility index (Phi) is 6.76. The number of nitrogens with one attached hydrogen (secondary N) is 2. The molecular formula is C13H10I2N4O4. The van der Waals surface area contributed by atoms with Gasteiger partial charge in [0.1, 0.15) is 17.9 Å². The fourth-order valence-corrected chi connectivity index (χ4v) is 2.22. The normalized spacial score (nSPS) is 11.2. The predicted octanol–water partition coefficient (Wildman–Crippen LogP) is 2.07. The van der Waals surface area contributed by atoms with E-state index in [2.05, 4.69) is 21.1 Å². The zero-order chi connectivity index (χ0) is 16.7. The van der Waals surface area contributed by atoms with E-state index in [1.165, 1.54) is 12.4 Å². The van der Waals surface area contributed by atoms with Crippen molar-refractivity contribution in [3.05, 3.63) is 43.3 Å². The largest absolute Gasteiger partial charge is 0.449 e. The van der Waals surface area contributed by atoms with Crippen molar-refractivity contribution < 1.29 is 18.4 Å². The van der Waals surface area contributed by atoms with Crippen LogP contribution in [0.5, 0.6) is 0 Å². The molecule has 0 saturated heterocycles. The molecule has 0 spiro atoms. The Labute approximate surface area is 158 Å². The molecule has 0 bridgehead atoms. The molecular weight excluding hydrogens is 530 g/mol. The highest BCUT2D eigenvalue weighted by atomic mass is 127. The second-order valence-corrected chi connectivity index (χ2v) is 6.17. The van der Waals surface area contributed by atoms with Gasteiger partial charge in [-0.1, -0.05) is 0 Å². The van der Waals surface area contributed by atoms with E-state index < -0.39 is 18.2 Å². The zero-order valence-corrected chi connectivity index (χ0v) is 15.8. The molecule has 2 rings (SSSR count). The minimum absolute atomic E-state index is 0.403. The van der Waals surface area contributed by atoms with Crippen molar-refractivity contribution in [2.24, 2.45) is 10.2 Å². The molecule has 2 aromatic heterocycles. The van der Waals surface area contributed by atoms with Crippen LogP contribution in [0, 0.1) is 7.53 Å². The molecule has 0 aliphatic rings. The number of halogens is 2. The van der Waals surface area contributed by atoms with Crippen LogP contribution in [0.4, 0.5) is 0 Å². The van der Waals surface area contributed by atoms with Crippen molar-refractivity contribution in [1.82, 2.24) is 10.9 Å². The van der Waals surface area contributed by atoms with E-state index in [1.807, 2.05) is 45.2 Å². The summed E-state index contributed by atoms with van der Waals surface area (Å²) in [5.74, 6) is -0.140. The van der Waals surface area contributed by atoms with Crippen molar-refractivity contribution in [2.45, 2.75) is 6.42 Å². The number of amides is 2. The lowest BCUT2D eigenvalue weighted by Crippen LogP contribution is -2.27. The Balaban J connectivity index is 1.71. The van der Waals surface area contributed by atoms with Crippen molar-refractivity contribution >= 4 is 69.4 Å². The third-order valence-corrected chi connectivity index (χ3v) is 3.43. The summed E-state index contributed by atoms with van der Waals surface area (Å²) >= 11 is 4.02. The number of rotatable bonds is 6. The van der Waals surface area contributed by atoms with Crippen molar-refractivity contribution in [3.8, 4) is 0 Å². The quantitative estimate of drug-likeness (QED) is 0.253. The lowest BCUT2D eigenvalue weighted by Gasteiger charge is -1.98. The smallest absolute Gasteiger partial charge is 0.249 e. The molecule has 2 heterocycles. The lowest BCUT2D eigenvalue weighted by atomic mass is 10.4. The van der Waals surface area contributed by atoms with Crippen molar-refractivity contribution in [2.75, 3.05) is 0 Å². The van der Waals surface area contributed by atoms with Crippen LogP contribution in [0.15, 0.2) is 43.3 Å². The minimum Gasteiger partial charge on any atom is -0.449 e. The number of hydrogen-bond donors (Lipinski definition) is 2. The second kappa shape index (κ2) is 8.81. The molecule has 0 unspecified atom stereocenters. The van der Waals surface area contributed by atoms with Gasteiger partial charge < -0.3 is 8.83 Å². The molecule has 0 aliphatic heterocycles. The Hall–Kier alpha value is -1.70. The summed E-state index contributed by atoms with van der Waals surface area (Å²) in [4.78, 5) is 23.0. The fourth-order valence-electron chi connectivity index (χ4n) is 1.36. The summed E-state index contributed by atoms with van der Waals surface area (Å²) in [7, 11) is 0. The Morgan fingerprint density at radius 2 is 1.35 bits per heavy atom. The topological polar surface area (TPSA) is 109 Å². The van der Waals surface area contributed by atoms with Gasteiger partial charge in [-0.3, -0.25) is 9.59 Å². The summed E-state index contributed by atoms with van der Waals surface area (Å²) in [6.07, 6.45) is 2.28. The zero-order valence-electron chi connectivity index (χ0n) is 11.5. The summed E-state index contributed by atoms with van der Waals surface area (Å²) in [6, 6.07) is 6.92. The summed E-state index contributed by atoms with van der Waals surface area (Å²) in [5, 5.41) is 7.37. The van der Waals surface area contributed by atoms with E-state index in [4.69, 9.17) is 8.83 Å². The molecule has 2 N–H and O–H groups in total. The average molecular weight is 540 g/mol. The number of hydrazone groups is 2. The second-order valence-electron chi connectivity index (χ2n) is 4.05. The molecule has 120 valence electrons. The molecule has 23 heavy (non-hydrogen) atoms. The highest BCUT2D eigenvalue weighted by Crippen LogP contribution is 2.08. The number of carbonyl (C=O) groups is 2.